The molecule has 7 nitrogen and oxygen atoms in total. The minimum Gasteiger partial charge on any atom is -0.400 e. The SMILES string of the molecule is CC/C(=C(/N)CNC)N(N)Cc1cnc(C)nc1N. The largest absolute Gasteiger partial charge is 0.400 e. The normalized spacial score (nSPS) is 12.2. The minimum atomic E-state index is 0.430. The van der Waals surface area contributed by atoms with E-state index in [4.69, 9.17) is 17.3 Å². The van der Waals surface area contributed by atoms with Gasteiger partial charge in [0.15, 0.2) is 0 Å². The van der Waals surface area contributed by atoms with Gasteiger partial charge >= 0.3 is 0 Å². The molecule has 0 radical (unpaired) electrons. The molecule has 0 spiro atoms. The van der Waals surface area contributed by atoms with Crippen LogP contribution in [0.3, 0.4) is 0 Å². The van der Waals surface area contributed by atoms with Gasteiger partial charge in [-0.25, -0.2) is 15.8 Å². The molecule has 0 bridgehead atoms. The molecule has 0 aliphatic carbocycles. The lowest BCUT2D eigenvalue weighted by Crippen LogP contribution is -2.34. The van der Waals surface area contributed by atoms with Crippen LogP contribution in [0.5, 0.6) is 0 Å². The summed E-state index contributed by atoms with van der Waals surface area (Å²) in [6.45, 7) is 4.83. The van der Waals surface area contributed by atoms with Gasteiger partial charge in [-0.05, 0) is 20.4 Å². The smallest absolute Gasteiger partial charge is 0.132 e. The molecule has 1 heterocycles. The Morgan fingerprint density at radius 3 is 2.68 bits per heavy atom. The monoisotopic (exact) mass is 265 g/mol. The van der Waals surface area contributed by atoms with Crippen molar-refractivity contribution in [3.8, 4) is 0 Å². The zero-order valence-electron chi connectivity index (χ0n) is 11.8. The lowest BCUT2D eigenvalue weighted by Gasteiger charge is -2.23. The maximum absolute atomic E-state index is 6.06. The number of hydrazine groups is 1. The highest BCUT2D eigenvalue weighted by molar-refractivity contribution is 5.37. The summed E-state index contributed by atoms with van der Waals surface area (Å²) in [7, 11) is 1.84. The lowest BCUT2D eigenvalue weighted by molar-refractivity contribution is 0.335. The van der Waals surface area contributed by atoms with Gasteiger partial charge in [0.05, 0.1) is 6.54 Å². The van der Waals surface area contributed by atoms with Crippen LogP contribution in [0.2, 0.25) is 0 Å². The van der Waals surface area contributed by atoms with Gasteiger partial charge in [-0.15, -0.1) is 0 Å². The highest BCUT2D eigenvalue weighted by Gasteiger charge is 2.11. The summed E-state index contributed by atoms with van der Waals surface area (Å²) in [5.74, 6) is 7.15. The number of allylic oxidation sites excluding steroid dienone is 1. The van der Waals surface area contributed by atoms with E-state index in [-0.39, 0.29) is 0 Å². The molecule has 0 aliphatic rings. The number of nitrogens with zero attached hydrogens (tertiary/aromatic N) is 3. The molecule has 0 fully saturated rings. The summed E-state index contributed by atoms with van der Waals surface area (Å²) in [5, 5.41) is 4.60. The van der Waals surface area contributed by atoms with Crippen LogP contribution in [0.15, 0.2) is 17.6 Å². The molecule has 0 aliphatic heterocycles. The van der Waals surface area contributed by atoms with Crippen LogP contribution >= 0.6 is 0 Å². The fourth-order valence-corrected chi connectivity index (χ4v) is 1.82. The number of anilines is 1. The second-order valence-corrected chi connectivity index (χ2v) is 4.31. The number of nitrogen functional groups attached to an aromatic ring is 1. The highest BCUT2D eigenvalue weighted by Crippen LogP contribution is 2.14. The second-order valence-electron chi connectivity index (χ2n) is 4.31. The van der Waals surface area contributed by atoms with Crippen LogP contribution in [-0.2, 0) is 6.54 Å². The first-order valence-electron chi connectivity index (χ1n) is 6.21. The molecule has 0 saturated heterocycles. The molecule has 0 aromatic carbocycles. The van der Waals surface area contributed by atoms with Gasteiger partial charge in [0, 0.05) is 29.7 Å². The first kappa shape index (κ1) is 15.2. The predicted octanol–water partition coefficient (Wildman–Crippen LogP) is -0.157. The predicted molar refractivity (Wildman–Crippen MR) is 76.3 cm³/mol. The fraction of sp³-hybridized carbons (Fsp3) is 0.500. The van der Waals surface area contributed by atoms with Crippen molar-refractivity contribution in [1.82, 2.24) is 20.3 Å². The summed E-state index contributed by atoms with van der Waals surface area (Å²) >= 11 is 0. The van der Waals surface area contributed by atoms with Crippen molar-refractivity contribution in [3.05, 3.63) is 29.0 Å². The van der Waals surface area contributed by atoms with Crippen LogP contribution < -0.4 is 22.6 Å². The highest BCUT2D eigenvalue weighted by atomic mass is 15.4. The van der Waals surface area contributed by atoms with Crippen LogP contribution in [0, 0.1) is 6.92 Å². The van der Waals surface area contributed by atoms with E-state index in [2.05, 4.69) is 15.3 Å². The number of aryl methyl sites for hydroxylation is 1. The third-order valence-corrected chi connectivity index (χ3v) is 2.78. The Hall–Kier alpha value is -1.86. The average molecular weight is 265 g/mol. The number of aromatic nitrogens is 2. The molecular formula is C12H23N7. The molecule has 1 aromatic heterocycles. The third kappa shape index (κ3) is 4.08. The van der Waals surface area contributed by atoms with Gasteiger partial charge in [-0.2, -0.15) is 0 Å². The Bertz CT molecular complexity index is 455. The van der Waals surface area contributed by atoms with Crippen LogP contribution in [0.4, 0.5) is 5.82 Å². The topological polar surface area (TPSA) is 119 Å². The van der Waals surface area contributed by atoms with Crippen molar-refractivity contribution in [3.63, 3.8) is 0 Å². The molecular weight excluding hydrogens is 242 g/mol. The number of hydrogen-bond acceptors (Lipinski definition) is 7. The molecule has 0 unspecified atom stereocenters. The molecule has 106 valence electrons. The van der Waals surface area contributed by atoms with Crippen molar-refractivity contribution >= 4 is 5.82 Å². The van der Waals surface area contributed by atoms with Gasteiger partial charge in [0.25, 0.3) is 0 Å². The van der Waals surface area contributed by atoms with Crippen LogP contribution in [0.25, 0.3) is 0 Å². The van der Waals surface area contributed by atoms with E-state index in [0.717, 1.165) is 23.4 Å². The first-order chi connectivity index (χ1) is 8.99. The Balaban J connectivity index is 2.88. The summed E-state index contributed by atoms with van der Waals surface area (Å²) < 4.78 is 0. The Labute approximate surface area is 113 Å². The van der Waals surface area contributed by atoms with Crippen molar-refractivity contribution in [2.45, 2.75) is 26.8 Å². The van der Waals surface area contributed by atoms with Gasteiger partial charge in [0.2, 0.25) is 0 Å². The number of nitrogens with two attached hydrogens (primary N) is 3. The number of likely N-dealkylation sites (N-methyl/N-ethyl adjacent to an activating group) is 1. The summed E-state index contributed by atoms with van der Waals surface area (Å²) in [6.07, 6.45) is 2.44. The summed E-state index contributed by atoms with van der Waals surface area (Å²) in [6, 6.07) is 0. The molecule has 7 heteroatoms. The first-order valence-corrected chi connectivity index (χ1v) is 6.21. The Morgan fingerprint density at radius 2 is 2.16 bits per heavy atom. The van der Waals surface area contributed by atoms with E-state index in [9.17, 15) is 0 Å². The Kier molecular flexibility index (Phi) is 5.53. The fourth-order valence-electron chi connectivity index (χ4n) is 1.82. The number of rotatable bonds is 6. The standard InChI is InChI=1S/C12H23N7/c1-4-11(10(13)6-16-3)19(15)7-9-5-17-8(2)18-12(9)14/h5,16H,4,6-7,13,15H2,1-3H3,(H2,14,17,18)/b11-10-. The zero-order chi connectivity index (χ0) is 14.4. The quantitative estimate of drug-likeness (QED) is 0.417. The molecule has 0 amide bonds. The van der Waals surface area contributed by atoms with E-state index in [1.54, 1.807) is 18.1 Å². The summed E-state index contributed by atoms with van der Waals surface area (Å²) in [5.41, 5.74) is 14.2. The zero-order valence-corrected chi connectivity index (χ0v) is 11.8. The van der Waals surface area contributed by atoms with Gasteiger partial charge in [0.1, 0.15) is 11.6 Å². The maximum Gasteiger partial charge on any atom is 0.132 e. The maximum atomic E-state index is 6.06. The van der Waals surface area contributed by atoms with Crippen LogP contribution in [-0.4, -0.2) is 28.6 Å². The second kappa shape index (κ2) is 6.91. The number of nitrogens with one attached hydrogen (secondary N) is 1. The van der Waals surface area contributed by atoms with Crippen molar-refractivity contribution in [2.75, 3.05) is 19.3 Å². The van der Waals surface area contributed by atoms with E-state index >= 15 is 0 Å². The molecule has 1 aromatic rings. The average Bonchev–Trinajstić information content (AvgIpc) is 2.34. The van der Waals surface area contributed by atoms with Crippen molar-refractivity contribution in [1.29, 1.82) is 0 Å². The van der Waals surface area contributed by atoms with Gasteiger partial charge in [-0.3, -0.25) is 0 Å². The molecule has 19 heavy (non-hydrogen) atoms. The van der Waals surface area contributed by atoms with Crippen molar-refractivity contribution < 1.29 is 0 Å². The summed E-state index contributed by atoms with van der Waals surface area (Å²) in [4.78, 5) is 8.24. The van der Waals surface area contributed by atoms with E-state index in [1.165, 1.54) is 0 Å². The third-order valence-electron chi connectivity index (χ3n) is 2.78. The Morgan fingerprint density at radius 1 is 1.47 bits per heavy atom. The number of hydrogen-bond donors (Lipinski definition) is 4. The molecule has 7 N–H and O–H groups in total. The lowest BCUT2D eigenvalue weighted by atomic mass is 10.2. The minimum absolute atomic E-state index is 0.430. The molecule has 0 saturated carbocycles. The van der Waals surface area contributed by atoms with Gasteiger partial charge in [-0.1, -0.05) is 6.92 Å². The van der Waals surface area contributed by atoms with E-state index < -0.39 is 0 Å². The van der Waals surface area contributed by atoms with E-state index in [1.807, 2.05) is 14.0 Å². The van der Waals surface area contributed by atoms with Crippen molar-refractivity contribution in [2.24, 2.45) is 11.6 Å². The van der Waals surface area contributed by atoms with E-state index in [0.29, 0.717) is 24.7 Å². The molecule has 0 atom stereocenters. The van der Waals surface area contributed by atoms with Crippen LogP contribution in [0.1, 0.15) is 24.7 Å². The van der Waals surface area contributed by atoms with Gasteiger partial charge < -0.3 is 21.8 Å². The molecule has 1 rings (SSSR count).